The van der Waals surface area contributed by atoms with Gasteiger partial charge in [0.2, 0.25) is 0 Å². The van der Waals surface area contributed by atoms with Gasteiger partial charge in [0.25, 0.3) is 5.91 Å². The van der Waals surface area contributed by atoms with Gasteiger partial charge >= 0.3 is 0 Å². The van der Waals surface area contributed by atoms with Crippen LogP contribution in [-0.2, 0) is 6.54 Å². The highest BCUT2D eigenvalue weighted by Crippen LogP contribution is 2.37. The summed E-state index contributed by atoms with van der Waals surface area (Å²) in [6.07, 6.45) is 0. The van der Waals surface area contributed by atoms with Crippen molar-refractivity contribution in [2.75, 3.05) is 11.4 Å². The minimum atomic E-state index is -0.00539. The minimum absolute atomic E-state index is 0.00539. The number of para-hydroxylation sites is 2. The van der Waals surface area contributed by atoms with Gasteiger partial charge in [0.15, 0.2) is 0 Å². The van der Waals surface area contributed by atoms with E-state index in [1.807, 2.05) is 23.1 Å². The lowest BCUT2D eigenvalue weighted by Gasteiger charge is -2.22. The van der Waals surface area contributed by atoms with Gasteiger partial charge in [-0.05, 0) is 42.5 Å². The van der Waals surface area contributed by atoms with E-state index >= 15 is 0 Å². The monoisotopic (exact) mass is 372 g/mol. The lowest BCUT2D eigenvalue weighted by molar-refractivity contribution is 0.0986. The van der Waals surface area contributed by atoms with Crippen LogP contribution in [0.1, 0.15) is 10.4 Å². The molecule has 0 unspecified atom stereocenters. The Morgan fingerprint density at radius 2 is 1.59 bits per heavy atom. The first-order valence-corrected chi connectivity index (χ1v) is 9.35. The van der Waals surface area contributed by atoms with Crippen molar-refractivity contribution >= 4 is 34.1 Å². The second-order valence-electron chi connectivity index (χ2n) is 6.72. The Bertz CT molecular complexity index is 1160. The summed E-state index contributed by atoms with van der Waals surface area (Å²) in [5.74, 6) is -0.00539. The summed E-state index contributed by atoms with van der Waals surface area (Å²) in [7, 11) is 0. The average Bonchev–Trinajstić information content (AvgIpc) is 2.99. The molecule has 0 bridgehead atoms. The van der Waals surface area contributed by atoms with Crippen LogP contribution in [0.2, 0.25) is 5.02 Å². The number of benzene rings is 3. The van der Waals surface area contributed by atoms with Gasteiger partial charge in [-0.15, -0.1) is 0 Å². The molecule has 0 radical (unpaired) electrons. The van der Waals surface area contributed by atoms with Crippen molar-refractivity contribution in [3.05, 3.63) is 89.4 Å². The summed E-state index contributed by atoms with van der Waals surface area (Å²) >= 11 is 5.98. The maximum absolute atomic E-state index is 13.2. The van der Waals surface area contributed by atoms with Crippen molar-refractivity contribution in [2.24, 2.45) is 0 Å². The summed E-state index contributed by atoms with van der Waals surface area (Å²) in [5, 5.41) is 1.85. The number of anilines is 1. The number of rotatable bonds is 1. The SMILES string of the molecule is O=C(c1ccc(Cl)cc1)N1CCn2c(cc3ccccc32)-c2ccccc21. The Balaban J connectivity index is 1.66. The van der Waals surface area contributed by atoms with Gasteiger partial charge in [0, 0.05) is 40.1 Å². The molecular weight excluding hydrogens is 356 g/mol. The minimum Gasteiger partial charge on any atom is -0.339 e. The Hall–Kier alpha value is -3.04. The second kappa shape index (κ2) is 6.29. The number of fused-ring (bicyclic) bond motifs is 5. The average molecular weight is 373 g/mol. The van der Waals surface area contributed by atoms with E-state index in [9.17, 15) is 4.79 Å². The van der Waals surface area contributed by atoms with Crippen molar-refractivity contribution in [3.63, 3.8) is 0 Å². The van der Waals surface area contributed by atoms with Gasteiger partial charge in [0.05, 0.1) is 11.4 Å². The quantitative estimate of drug-likeness (QED) is 0.425. The number of hydrogen-bond donors (Lipinski definition) is 0. The van der Waals surface area contributed by atoms with Crippen molar-refractivity contribution in [1.82, 2.24) is 4.57 Å². The molecular formula is C23H17ClN2O. The molecule has 1 aliphatic rings. The lowest BCUT2D eigenvalue weighted by Crippen LogP contribution is -2.33. The van der Waals surface area contributed by atoms with E-state index < -0.39 is 0 Å². The maximum Gasteiger partial charge on any atom is 0.258 e. The molecule has 2 heterocycles. The van der Waals surface area contributed by atoms with E-state index in [0.717, 1.165) is 23.5 Å². The van der Waals surface area contributed by atoms with Gasteiger partial charge in [0.1, 0.15) is 0 Å². The molecule has 0 saturated carbocycles. The van der Waals surface area contributed by atoms with Crippen LogP contribution < -0.4 is 4.90 Å². The molecule has 3 nitrogen and oxygen atoms in total. The molecule has 27 heavy (non-hydrogen) atoms. The van der Waals surface area contributed by atoms with Gasteiger partial charge in [-0.25, -0.2) is 0 Å². The molecule has 0 atom stereocenters. The number of halogens is 1. The summed E-state index contributed by atoms with van der Waals surface area (Å²) in [5.41, 5.74) is 5.01. The standard InChI is InChI=1S/C23H17ClN2O/c24-18-11-9-16(10-12-18)23(27)26-14-13-25-20-7-3-1-5-17(20)15-22(25)19-6-2-4-8-21(19)26/h1-12,15H,13-14H2. The molecule has 0 aliphatic carbocycles. The predicted octanol–water partition coefficient (Wildman–Crippen LogP) is 5.62. The third kappa shape index (κ3) is 2.63. The van der Waals surface area contributed by atoms with Gasteiger partial charge < -0.3 is 9.47 Å². The fourth-order valence-electron chi connectivity index (χ4n) is 3.88. The molecule has 0 fully saturated rings. The Labute approximate surface area is 162 Å². The van der Waals surface area contributed by atoms with Crippen LogP contribution in [0.3, 0.4) is 0 Å². The molecule has 5 rings (SSSR count). The van der Waals surface area contributed by atoms with Crippen LogP contribution in [0.15, 0.2) is 78.9 Å². The first kappa shape index (κ1) is 16.2. The van der Waals surface area contributed by atoms with Crippen LogP contribution in [0.25, 0.3) is 22.2 Å². The number of nitrogens with zero attached hydrogens (tertiary/aromatic N) is 2. The molecule has 0 spiro atoms. The number of amides is 1. The second-order valence-corrected chi connectivity index (χ2v) is 7.16. The van der Waals surface area contributed by atoms with Crippen LogP contribution in [0.4, 0.5) is 5.69 Å². The molecule has 1 aliphatic heterocycles. The molecule has 1 amide bonds. The van der Waals surface area contributed by atoms with Crippen LogP contribution in [0, 0.1) is 0 Å². The predicted molar refractivity (Wildman–Crippen MR) is 111 cm³/mol. The van der Waals surface area contributed by atoms with Gasteiger partial charge in [-0.2, -0.15) is 0 Å². The van der Waals surface area contributed by atoms with Crippen LogP contribution >= 0.6 is 11.6 Å². The number of carbonyl (C=O) groups is 1. The summed E-state index contributed by atoms with van der Waals surface area (Å²) in [4.78, 5) is 15.1. The van der Waals surface area contributed by atoms with E-state index in [1.54, 1.807) is 24.3 Å². The maximum atomic E-state index is 13.2. The topological polar surface area (TPSA) is 25.2 Å². The number of hydrogen-bond acceptors (Lipinski definition) is 1. The third-order valence-corrected chi connectivity index (χ3v) is 5.42. The summed E-state index contributed by atoms with van der Waals surface area (Å²) < 4.78 is 2.31. The van der Waals surface area contributed by atoms with E-state index in [2.05, 4.69) is 41.0 Å². The zero-order chi connectivity index (χ0) is 18.4. The normalized spacial score (nSPS) is 13.1. The zero-order valence-corrected chi connectivity index (χ0v) is 15.4. The Morgan fingerprint density at radius 3 is 2.44 bits per heavy atom. The van der Waals surface area contributed by atoms with Crippen molar-refractivity contribution in [3.8, 4) is 11.3 Å². The van der Waals surface area contributed by atoms with Crippen molar-refractivity contribution in [1.29, 1.82) is 0 Å². The fourth-order valence-corrected chi connectivity index (χ4v) is 4.01. The largest absolute Gasteiger partial charge is 0.339 e. The van der Waals surface area contributed by atoms with Crippen LogP contribution in [0.5, 0.6) is 0 Å². The Morgan fingerprint density at radius 1 is 0.852 bits per heavy atom. The molecule has 0 saturated heterocycles. The van der Waals surface area contributed by atoms with Crippen LogP contribution in [-0.4, -0.2) is 17.0 Å². The van der Waals surface area contributed by atoms with Gasteiger partial charge in [-0.3, -0.25) is 4.79 Å². The molecule has 4 heteroatoms. The highest BCUT2D eigenvalue weighted by molar-refractivity contribution is 6.30. The molecule has 0 N–H and O–H groups in total. The summed E-state index contributed by atoms with van der Waals surface area (Å²) in [6.45, 7) is 1.36. The van der Waals surface area contributed by atoms with Gasteiger partial charge in [-0.1, -0.05) is 48.0 Å². The van der Waals surface area contributed by atoms with Crippen molar-refractivity contribution < 1.29 is 4.79 Å². The molecule has 3 aromatic carbocycles. The highest BCUT2D eigenvalue weighted by atomic mass is 35.5. The van der Waals surface area contributed by atoms with E-state index in [1.165, 1.54) is 10.9 Å². The van der Waals surface area contributed by atoms with E-state index in [4.69, 9.17) is 11.6 Å². The first-order chi connectivity index (χ1) is 13.2. The highest BCUT2D eigenvalue weighted by Gasteiger charge is 2.25. The molecule has 4 aromatic rings. The summed E-state index contributed by atoms with van der Waals surface area (Å²) in [6, 6.07) is 25.8. The zero-order valence-electron chi connectivity index (χ0n) is 14.6. The first-order valence-electron chi connectivity index (χ1n) is 8.97. The number of aromatic nitrogens is 1. The lowest BCUT2D eigenvalue weighted by atomic mass is 10.1. The van der Waals surface area contributed by atoms with E-state index in [-0.39, 0.29) is 5.91 Å². The molecule has 1 aromatic heterocycles. The smallest absolute Gasteiger partial charge is 0.258 e. The third-order valence-electron chi connectivity index (χ3n) is 5.16. The van der Waals surface area contributed by atoms with E-state index in [0.29, 0.717) is 17.1 Å². The fraction of sp³-hybridized carbons (Fsp3) is 0.0870. The molecule has 132 valence electrons. The van der Waals surface area contributed by atoms with Crippen molar-refractivity contribution in [2.45, 2.75) is 6.54 Å². The number of carbonyl (C=O) groups excluding carboxylic acids is 1. The Kier molecular flexibility index (Phi) is 3.76.